The molecule has 2 rings (SSSR count). The van der Waals surface area contributed by atoms with Crippen molar-refractivity contribution in [2.24, 2.45) is 0 Å². The van der Waals surface area contributed by atoms with Gasteiger partial charge in [0.05, 0.1) is 9.95 Å². The zero-order valence-corrected chi connectivity index (χ0v) is 17.6. The molecular weight excluding hydrogens is 448 g/mol. The number of carbonyl (C=O) groups is 1. The number of benzene rings is 2. The van der Waals surface area contributed by atoms with Gasteiger partial charge in [-0.2, -0.15) is 0 Å². The third-order valence-electron chi connectivity index (χ3n) is 3.64. The molecule has 0 N–H and O–H groups in total. The smallest absolute Gasteiger partial charge is 0.375 e. The molecule has 9 nitrogen and oxygen atoms in total. The number of nitro benzene ring substituents is 1. The summed E-state index contributed by atoms with van der Waals surface area (Å²) in [5, 5.41) is 11.6. The molecule has 0 saturated carbocycles. The minimum absolute atomic E-state index is 0.0594. The molecule has 0 saturated heterocycles. The minimum atomic E-state index is -3.99. The van der Waals surface area contributed by atoms with Crippen LogP contribution in [-0.4, -0.2) is 31.7 Å². The fourth-order valence-corrected chi connectivity index (χ4v) is 4.03. The second kappa shape index (κ2) is 10.0. The van der Waals surface area contributed by atoms with Crippen LogP contribution < -0.4 is 4.74 Å². The van der Waals surface area contributed by atoms with Crippen molar-refractivity contribution in [3.05, 3.63) is 68.2 Å². The summed E-state index contributed by atoms with van der Waals surface area (Å²) in [5.74, 6) is -2.29. The number of hydrogen-bond acceptors (Lipinski definition) is 8. The highest BCUT2D eigenvalue weighted by atomic mass is 35.5. The van der Waals surface area contributed by atoms with E-state index in [-0.39, 0.29) is 22.0 Å². The summed E-state index contributed by atoms with van der Waals surface area (Å²) < 4.78 is 33.2. The summed E-state index contributed by atoms with van der Waals surface area (Å²) >= 11 is 11.8. The maximum Gasteiger partial charge on any atom is 0.375 e. The number of halogens is 2. The van der Waals surface area contributed by atoms with Gasteiger partial charge in [0.2, 0.25) is 5.85 Å². The molecule has 0 aliphatic rings. The molecule has 2 aromatic rings. The van der Waals surface area contributed by atoms with E-state index in [1.54, 1.807) is 0 Å². The van der Waals surface area contributed by atoms with E-state index in [1.807, 2.05) is 0 Å². The SMILES string of the molecule is COP(=O)(OC)C(OC(=O)COc1ccc(Cl)cc1Cl)c1cccc([N+](=O)[O-])c1. The number of non-ortho nitro benzene ring substituents is 1. The molecular formula is C17H16Cl2NO8P. The molecule has 2 aromatic carbocycles. The van der Waals surface area contributed by atoms with Crippen LogP contribution in [0.4, 0.5) is 5.69 Å². The summed E-state index contributed by atoms with van der Waals surface area (Å²) in [6.45, 7) is -0.583. The lowest BCUT2D eigenvalue weighted by Crippen LogP contribution is -2.19. The first kappa shape index (κ1) is 23.1. The molecule has 0 bridgehead atoms. The fraction of sp³-hybridized carbons (Fsp3) is 0.235. The minimum Gasteiger partial charge on any atom is -0.480 e. The quantitative estimate of drug-likeness (QED) is 0.220. The third-order valence-corrected chi connectivity index (χ3v) is 6.17. The Bertz CT molecular complexity index is 947. The highest BCUT2D eigenvalue weighted by Crippen LogP contribution is 2.60. The summed E-state index contributed by atoms with van der Waals surface area (Å²) in [4.78, 5) is 22.7. The predicted molar refractivity (Wildman–Crippen MR) is 106 cm³/mol. The average Bonchev–Trinajstić information content (AvgIpc) is 2.70. The zero-order valence-electron chi connectivity index (χ0n) is 15.2. The molecule has 0 aliphatic heterocycles. The fourth-order valence-electron chi connectivity index (χ4n) is 2.26. The van der Waals surface area contributed by atoms with Gasteiger partial charge in [-0.1, -0.05) is 35.3 Å². The second-order valence-electron chi connectivity index (χ2n) is 5.46. The monoisotopic (exact) mass is 463 g/mol. The molecule has 0 amide bonds. The van der Waals surface area contributed by atoms with Gasteiger partial charge in [0, 0.05) is 36.9 Å². The number of ether oxygens (including phenoxy) is 2. The Morgan fingerprint density at radius 2 is 1.86 bits per heavy atom. The van der Waals surface area contributed by atoms with Gasteiger partial charge in [-0.05, 0) is 18.2 Å². The number of esters is 1. The van der Waals surface area contributed by atoms with Crippen molar-refractivity contribution in [2.75, 3.05) is 20.8 Å². The Morgan fingerprint density at radius 3 is 2.45 bits per heavy atom. The van der Waals surface area contributed by atoms with Crippen LogP contribution >= 0.6 is 30.8 Å². The first-order chi connectivity index (χ1) is 13.7. The van der Waals surface area contributed by atoms with Crippen molar-refractivity contribution < 1.29 is 32.8 Å². The number of rotatable bonds is 9. The number of hydrogen-bond donors (Lipinski definition) is 0. The van der Waals surface area contributed by atoms with Crippen molar-refractivity contribution >= 4 is 42.5 Å². The van der Waals surface area contributed by atoms with E-state index in [0.29, 0.717) is 5.02 Å². The molecule has 1 atom stereocenters. The molecule has 0 spiro atoms. The zero-order chi connectivity index (χ0) is 21.6. The molecule has 0 aromatic heterocycles. The van der Waals surface area contributed by atoms with E-state index in [0.717, 1.165) is 20.3 Å². The van der Waals surface area contributed by atoms with Gasteiger partial charge in [-0.15, -0.1) is 0 Å². The number of nitrogens with zero attached hydrogens (tertiary/aromatic N) is 1. The Labute approximate surface area is 176 Å². The second-order valence-corrected chi connectivity index (χ2v) is 8.59. The van der Waals surface area contributed by atoms with E-state index in [1.165, 1.54) is 36.4 Å². The first-order valence-electron chi connectivity index (χ1n) is 7.93. The van der Waals surface area contributed by atoms with Crippen molar-refractivity contribution in [1.29, 1.82) is 0 Å². The van der Waals surface area contributed by atoms with E-state index < -0.39 is 30.9 Å². The van der Waals surface area contributed by atoms with Crippen LogP contribution in [0, 0.1) is 10.1 Å². The highest BCUT2D eigenvalue weighted by Gasteiger charge is 2.39. The lowest BCUT2D eigenvalue weighted by atomic mass is 10.2. The number of carbonyl (C=O) groups excluding carboxylic acids is 1. The van der Waals surface area contributed by atoms with Crippen LogP contribution in [0.1, 0.15) is 11.4 Å². The van der Waals surface area contributed by atoms with E-state index in [9.17, 15) is 19.5 Å². The lowest BCUT2D eigenvalue weighted by molar-refractivity contribution is -0.385. The number of nitro groups is 1. The maximum absolute atomic E-state index is 12.9. The predicted octanol–water partition coefficient (Wildman–Crippen LogP) is 5.01. The summed E-state index contributed by atoms with van der Waals surface area (Å²) in [6.07, 6.45) is 0. The lowest BCUT2D eigenvalue weighted by Gasteiger charge is -2.24. The highest BCUT2D eigenvalue weighted by molar-refractivity contribution is 7.54. The molecule has 29 heavy (non-hydrogen) atoms. The molecule has 1 unspecified atom stereocenters. The van der Waals surface area contributed by atoms with E-state index in [4.69, 9.17) is 41.7 Å². The summed E-state index contributed by atoms with van der Waals surface area (Å²) in [7, 11) is -1.79. The maximum atomic E-state index is 12.9. The standard InChI is InChI=1S/C17H16Cl2NO8P/c1-25-29(24,26-2)17(11-4-3-5-13(8-11)20(22)23)28-16(21)10-27-15-7-6-12(18)9-14(15)19/h3-9,17H,10H2,1-2H3. The molecule has 0 heterocycles. The normalized spacial score (nSPS) is 12.3. The van der Waals surface area contributed by atoms with Crippen molar-refractivity contribution in [1.82, 2.24) is 0 Å². The Morgan fingerprint density at radius 1 is 1.17 bits per heavy atom. The van der Waals surface area contributed by atoms with Crippen LogP contribution in [0.2, 0.25) is 10.0 Å². The van der Waals surface area contributed by atoms with Gasteiger partial charge in [0.1, 0.15) is 5.75 Å². The largest absolute Gasteiger partial charge is 0.480 e. The van der Waals surface area contributed by atoms with Gasteiger partial charge < -0.3 is 18.5 Å². The van der Waals surface area contributed by atoms with E-state index >= 15 is 0 Å². The van der Waals surface area contributed by atoms with Gasteiger partial charge >= 0.3 is 13.6 Å². The van der Waals surface area contributed by atoms with Crippen molar-refractivity contribution in [2.45, 2.75) is 5.85 Å². The van der Waals surface area contributed by atoms with Crippen LogP contribution in [-0.2, 0) is 23.1 Å². The molecule has 0 fully saturated rings. The Kier molecular flexibility index (Phi) is 8.01. The van der Waals surface area contributed by atoms with Crippen molar-refractivity contribution in [3.8, 4) is 5.75 Å². The van der Waals surface area contributed by atoms with Gasteiger partial charge in [-0.25, -0.2) is 4.79 Å². The molecule has 0 aliphatic carbocycles. The molecule has 0 radical (unpaired) electrons. The molecule has 156 valence electrons. The van der Waals surface area contributed by atoms with Crippen LogP contribution in [0.15, 0.2) is 42.5 Å². The Hall–Kier alpha value is -2.16. The average molecular weight is 464 g/mol. The van der Waals surface area contributed by atoms with Crippen molar-refractivity contribution in [3.63, 3.8) is 0 Å². The van der Waals surface area contributed by atoms with Gasteiger partial charge in [-0.3, -0.25) is 14.7 Å². The van der Waals surface area contributed by atoms with Crippen LogP contribution in [0.3, 0.4) is 0 Å². The van der Waals surface area contributed by atoms with Crippen LogP contribution in [0.25, 0.3) is 0 Å². The van der Waals surface area contributed by atoms with Crippen LogP contribution in [0.5, 0.6) is 5.75 Å². The van der Waals surface area contributed by atoms with E-state index in [2.05, 4.69) is 0 Å². The van der Waals surface area contributed by atoms with Gasteiger partial charge in [0.15, 0.2) is 6.61 Å². The Balaban J connectivity index is 2.23. The third kappa shape index (κ3) is 5.91. The summed E-state index contributed by atoms with van der Waals surface area (Å²) in [6, 6.07) is 9.51. The van der Waals surface area contributed by atoms with Gasteiger partial charge in [0.25, 0.3) is 5.69 Å². The summed E-state index contributed by atoms with van der Waals surface area (Å²) in [5.41, 5.74) is -0.226. The first-order valence-corrected chi connectivity index (χ1v) is 10.3. The topological polar surface area (TPSA) is 114 Å². The molecule has 12 heteroatoms.